The monoisotopic (exact) mass is 378 g/mol. The van der Waals surface area contributed by atoms with Gasteiger partial charge in [-0.15, -0.1) is 10.2 Å². The fourth-order valence-electron chi connectivity index (χ4n) is 4.57. The lowest BCUT2D eigenvalue weighted by Crippen LogP contribution is -2.32. The maximum Gasteiger partial charge on any atom is 0.218 e. The van der Waals surface area contributed by atoms with Crippen molar-refractivity contribution < 1.29 is 12.8 Å². The second kappa shape index (κ2) is 6.42. The molecule has 0 radical (unpaired) electrons. The first-order valence-corrected chi connectivity index (χ1v) is 10.6. The van der Waals surface area contributed by atoms with Crippen LogP contribution in [0.3, 0.4) is 0 Å². The molecular formula is C18H23FN4O2S. The minimum Gasteiger partial charge on any atom is -0.320 e. The summed E-state index contributed by atoms with van der Waals surface area (Å²) in [5.74, 6) is 0.473. The van der Waals surface area contributed by atoms with E-state index in [9.17, 15) is 12.8 Å². The topological polar surface area (TPSA) is 68.1 Å². The second-order valence-corrected chi connectivity index (χ2v) is 9.57. The van der Waals surface area contributed by atoms with Gasteiger partial charge in [0, 0.05) is 26.1 Å². The molecule has 1 aliphatic carbocycles. The van der Waals surface area contributed by atoms with E-state index >= 15 is 0 Å². The molecular weight excluding hydrogens is 355 g/mol. The summed E-state index contributed by atoms with van der Waals surface area (Å²) in [7, 11) is -1.56. The number of benzene rings is 1. The third kappa shape index (κ3) is 3.05. The molecule has 1 unspecified atom stereocenters. The van der Waals surface area contributed by atoms with Gasteiger partial charge in [0.25, 0.3) is 0 Å². The number of aromatic nitrogens is 3. The van der Waals surface area contributed by atoms with Crippen LogP contribution in [-0.2, 0) is 22.8 Å². The van der Waals surface area contributed by atoms with Crippen LogP contribution in [0.2, 0.25) is 0 Å². The van der Waals surface area contributed by atoms with Crippen LogP contribution >= 0.6 is 0 Å². The zero-order chi connectivity index (χ0) is 18.4. The molecule has 4 rings (SSSR count). The first-order valence-electron chi connectivity index (χ1n) is 8.96. The van der Waals surface area contributed by atoms with Crippen molar-refractivity contribution in [3.63, 3.8) is 0 Å². The standard InChI is InChI=1S/C18H23FN4O2S/c1-22-13-20-21-17(22)16-10-23(12-18(16)8-2-3-9-18)26(24,25)11-14-4-6-15(19)7-5-14/h4-7,13,16H,2-3,8-12H2,1H3. The Morgan fingerprint density at radius 2 is 1.92 bits per heavy atom. The highest BCUT2D eigenvalue weighted by Gasteiger charge is 2.52. The molecule has 140 valence electrons. The van der Waals surface area contributed by atoms with Crippen molar-refractivity contribution in [2.24, 2.45) is 12.5 Å². The summed E-state index contributed by atoms with van der Waals surface area (Å²) in [6, 6.07) is 5.67. The van der Waals surface area contributed by atoms with E-state index < -0.39 is 10.0 Å². The van der Waals surface area contributed by atoms with Gasteiger partial charge in [0.1, 0.15) is 18.0 Å². The van der Waals surface area contributed by atoms with Gasteiger partial charge in [-0.3, -0.25) is 0 Å². The number of rotatable bonds is 4. The fourth-order valence-corrected chi connectivity index (χ4v) is 6.19. The minimum absolute atomic E-state index is 0.0450. The molecule has 0 bridgehead atoms. The molecule has 1 aromatic carbocycles. The summed E-state index contributed by atoms with van der Waals surface area (Å²) in [5.41, 5.74) is 0.561. The average molecular weight is 378 g/mol. The van der Waals surface area contributed by atoms with Crippen molar-refractivity contribution >= 4 is 10.0 Å². The van der Waals surface area contributed by atoms with Gasteiger partial charge in [0.2, 0.25) is 10.0 Å². The van der Waals surface area contributed by atoms with Gasteiger partial charge in [-0.1, -0.05) is 25.0 Å². The molecule has 1 saturated carbocycles. The summed E-state index contributed by atoms with van der Waals surface area (Å²) in [4.78, 5) is 0. The Hall–Kier alpha value is -1.80. The van der Waals surface area contributed by atoms with Crippen LogP contribution in [0, 0.1) is 11.2 Å². The Morgan fingerprint density at radius 3 is 2.54 bits per heavy atom. The summed E-state index contributed by atoms with van der Waals surface area (Å²) < 4.78 is 42.6. The SMILES string of the molecule is Cn1cnnc1C1CN(S(=O)(=O)Cc2ccc(F)cc2)CC12CCCC2. The predicted octanol–water partition coefficient (Wildman–Crippen LogP) is 2.44. The first kappa shape index (κ1) is 17.6. The molecule has 1 spiro atoms. The number of hydrogen-bond acceptors (Lipinski definition) is 4. The normalized spacial score (nSPS) is 23.1. The van der Waals surface area contributed by atoms with E-state index in [0.29, 0.717) is 18.7 Å². The predicted molar refractivity (Wildman–Crippen MR) is 95.2 cm³/mol. The molecule has 26 heavy (non-hydrogen) atoms. The number of sulfonamides is 1. The second-order valence-electron chi connectivity index (χ2n) is 7.60. The molecule has 2 heterocycles. The third-order valence-corrected chi connectivity index (χ3v) is 7.69. The Bertz CT molecular complexity index is 888. The average Bonchev–Trinajstić information content (AvgIpc) is 3.31. The van der Waals surface area contributed by atoms with E-state index in [1.165, 1.54) is 24.3 Å². The number of nitrogens with zero attached hydrogens (tertiary/aromatic N) is 4. The molecule has 0 amide bonds. The van der Waals surface area contributed by atoms with Crippen molar-refractivity contribution in [1.82, 2.24) is 19.1 Å². The van der Waals surface area contributed by atoms with Crippen LogP contribution in [0.4, 0.5) is 4.39 Å². The van der Waals surface area contributed by atoms with Crippen LogP contribution < -0.4 is 0 Å². The Kier molecular flexibility index (Phi) is 4.35. The van der Waals surface area contributed by atoms with Crippen LogP contribution in [0.1, 0.15) is 43.0 Å². The molecule has 2 fully saturated rings. The Balaban J connectivity index is 1.61. The van der Waals surface area contributed by atoms with Crippen LogP contribution in [0.15, 0.2) is 30.6 Å². The maximum atomic E-state index is 13.1. The summed E-state index contributed by atoms with van der Waals surface area (Å²) >= 11 is 0. The van der Waals surface area contributed by atoms with Crippen LogP contribution in [0.5, 0.6) is 0 Å². The summed E-state index contributed by atoms with van der Waals surface area (Å²) in [5, 5.41) is 8.27. The molecule has 2 aromatic rings. The molecule has 1 aromatic heterocycles. The van der Waals surface area contributed by atoms with Gasteiger partial charge in [-0.2, -0.15) is 0 Å². The van der Waals surface area contributed by atoms with Gasteiger partial charge >= 0.3 is 0 Å². The van der Waals surface area contributed by atoms with Gasteiger partial charge in [-0.25, -0.2) is 17.1 Å². The lowest BCUT2D eigenvalue weighted by molar-refractivity contribution is 0.274. The molecule has 0 N–H and O–H groups in total. The highest BCUT2D eigenvalue weighted by atomic mass is 32.2. The largest absolute Gasteiger partial charge is 0.320 e. The van der Waals surface area contributed by atoms with E-state index in [-0.39, 0.29) is 22.9 Å². The highest BCUT2D eigenvalue weighted by molar-refractivity contribution is 7.88. The molecule has 1 saturated heterocycles. The fraction of sp³-hybridized carbons (Fsp3) is 0.556. The van der Waals surface area contributed by atoms with Gasteiger partial charge in [-0.05, 0) is 36.0 Å². The smallest absolute Gasteiger partial charge is 0.218 e. The number of halogens is 1. The quantitative estimate of drug-likeness (QED) is 0.820. The zero-order valence-corrected chi connectivity index (χ0v) is 15.6. The van der Waals surface area contributed by atoms with Crippen molar-refractivity contribution in [2.75, 3.05) is 13.1 Å². The summed E-state index contributed by atoms with van der Waals surface area (Å²) in [6.07, 6.45) is 5.97. The molecule has 8 heteroatoms. The van der Waals surface area contributed by atoms with Crippen LogP contribution in [-0.4, -0.2) is 40.6 Å². The van der Waals surface area contributed by atoms with Crippen LogP contribution in [0.25, 0.3) is 0 Å². The molecule has 1 atom stereocenters. The van der Waals surface area contributed by atoms with Gasteiger partial charge in [0.15, 0.2) is 0 Å². The van der Waals surface area contributed by atoms with Crippen molar-refractivity contribution in [3.8, 4) is 0 Å². The lowest BCUT2D eigenvalue weighted by atomic mass is 9.76. The first-order chi connectivity index (χ1) is 12.4. The maximum absolute atomic E-state index is 13.1. The minimum atomic E-state index is -3.47. The zero-order valence-electron chi connectivity index (χ0n) is 14.8. The van der Waals surface area contributed by atoms with E-state index in [4.69, 9.17) is 0 Å². The van der Waals surface area contributed by atoms with Crippen molar-refractivity contribution in [1.29, 1.82) is 0 Å². The number of hydrogen-bond donors (Lipinski definition) is 0. The Labute approximate surface area is 153 Å². The number of aryl methyl sites for hydroxylation is 1. The third-order valence-electron chi connectivity index (χ3n) is 5.93. The summed E-state index contributed by atoms with van der Waals surface area (Å²) in [6.45, 7) is 0.976. The van der Waals surface area contributed by atoms with Gasteiger partial charge in [0.05, 0.1) is 5.75 Å². The van der Waals surface area contributed by atoms with E-state index in [0.717, 1.165) is 31.5 Å². The molecule has 1 aliphatic heterocycles. The van der Waals surface area contributed by atoms with E-state index in [2.05, 4.69) is 10.2 Å². The molecule has 2 aliphatic rings. The lowest BCUT2D eigenvalue weighted by Gasteiger charge is -2.29. The van der Waals surface area contributed by atoms with Crippen molar-refractivity contribution in [3.05, 3.63) is 47.8 Å². The van der Waals surface area contributed by atoms with Crippen molar-refractivity contribution in [2.45, 2.75) is 37.4 Å². The molecule has 6 nitrogen and oxygen atoms in total. The van der Waals surface area contributed by atoms with Gasteiger partial charge < -0.3 is 4.57 Å². The van der Waals surface area contributed by atoms with E-state index in [1.807, 2.05) is 11.6 Å². The Morgan fingerprint density at radius 1 is 1.23 bits per heavy atom. The van der Waals surface area contributed by atoms with E-state index in [1.54, 1.807) is 10.6 Å². The highest BCUT2D eigenvalue weighted by Crippen LogP contribution is 2.53.